The summed E-state index contributed by atoms with van der Waals surface area (Å²) in [6, 6.07) is 14.9. The maximum atomic E-state index is 12.8. The minimum absolute atomic E-state index is 0.0935. The summed E-state index contributed by atoms with van der Waals surface area (Å²) in [5, 5.41) is 0. The first-order valence-corrected chi connectivity index (χ1v) is 8.93. The molecule has 0 unspecified atom stereocenters. The molecular weight excluding hydrogens is 326 g/mol. The van der Waals surface area contributed by atoms with Gasteiger partial charge < -0.3 is 4.74 Å². The maximum Gasteiger partial charge on any atom is 0.238 e. The van der Waals surface area contributed by atoms with Crippen LogP contribution in [0.4, 0.5) is 5.69 Å². The molecule has 3 atom stereocenters. The zero-order chi connectivity index (χ0) is 18.3. The highest BCUT2D eigenvalue weighted by molar-refractivity contribution is 6.22. The number of allylic oxidation sites excluding steroid dienone is 2. The predicted octanol–water partition coefficient (Wildman–Crippen LogP) is 4.49. The van der Waals surface area contributed by atoms with Crippen molar-refractivity contribution in [1.82, 2.24) is 0 Å². The number of hydrogen-bond acceptors (Lipinski definition) is 3. The molecule has 0 aromatic heterocycles. The number of rotatable bonds is 3. The second-order valence-corrected chi connectivity index (χ2v) is 7.08. The SMILES string of the molecule is Cc1ccc(Oc2ccc(N3C(=O)[C@H]4[C@H](C)C=CC[C@@H]4C3=O)cc2)cc1. The van der Waals surface area contributed by atoms with Gasteiger partial charge in [0.05, 0.1) is 17.5 Å². The van der Waals surface area contributed by atoms with Crippen molar-refractivity contribution >= 4 is 17.5 Å². The largest absolute Gasteiger partial charge is 0.457 e. The minimum atomic E-state index is -0.240. The van der Waals surface area contributed by atoms with Gasteiger partial charge in [-0.05, 0) is 55.7 Å². The van der Waals surface area contributed by atoms with Gasteiger partial charge in [-0.25, -0.2) is 0 Å². The molecule has 1 fully saturated rings. The Morgan fingerprint density at radius 2 is 1.54 bits per heavy atom. The first-order chi connectivity index (χ1) is 12.5. The number of anilines is 1. The van der Waals surface area contributed by atoms with Crippen LogP contribution in [0, 0.1) is 24.7 Å². The summed E-state index contributed by atoms with van der Waals surface area (Å²) >= 11 is 0. The molecule has 1 saturated heterocycles. The van der Waals surface area contributed by atoms with Gasteiger partial charge in [0.1, 0.15) is 11.5 Å². The van der Waals surface area contributed by atoms with Crippen LogP contribution in [0.1, 0.15) is 18.9 Å². The van der Waals surface area contributed by atoms with Crippen LogP contribution in [0.2, 0.25) is 0 Å². The molecule has 4 heteroatoms. The van der Waals surface area contributed by atoms with Crippen molar-refractivity contribution in [3.05, 3.63) is 66.2 Å². The van der Waals surface area contributed by atoms with Gasteiger partial charge in [0.2, 0.25) is 11.8 Å². The van der Waals surface area contributed by atoms with E-state index in [9.17, 15) is 9.59 Å². The average molecular weight is 347 g/mol. The zero-order valence-corrected chi connectivity index (χ0v) is 14.9. The molecule has 0 radical (unpaired) electrons. The Kier molecular flexibility index (Phi) is 4.11. The highest BCUT2D eigenvalue weighted by Gasteiger charge is 2.50. The number of aryl methyl sites for hydroxylation is 1. The van der Waals surface area contributed by atoms with Crippen molar-refractivity contribution in [3.63, 3.8) is 0 Å². The van der Waals surface area contributed by atoms with Gasteiger partial charge in [0, 0.05) is 0 Å². The van der Waals surface area contributed by atoms with E-state index in [1.165, 1.54) is 10.5 Å². The number of carbonyl (C=O) groups excluding carboxylic acids is 2. The van der Waals surface area contributed by atoms with E-state index in [4.69, 9.17) is 4.74 Å². The lowest BCUT2D eigenvalue weighted by atomic mass is 9.78. The number of fused-ring (bicyclic) bond motifs is 1. The standard InChI is InChI=1S/C22H21NO3/c1-14-6-10-17(11-7-14)26-18-12-8-16(9-13-18)23-21(24)19-5-3-4-15(2)20(19)22(23)25/h3-4,6-13,15,19-20H,5H2,1-2H3/t15-,19+,20+/m1/s1. The quantitative estimate of drug-likeness (QED) is 0.607. The van der Waals surface area contributed by atoms with E-state index >= 15 is 0 Å². The molecule has 1 aliphatic heterocycles. The van der Waals surface area contributed by atoms with E-state index in [1.54, 1.807) is 24.3 Å². The molecule has 0 bridgehead atoms. The molecule has 2 aliphatic rings. The molecule has 0 spiro atoms. The van der Waals surface area contributed by atoms with Crippen LogP contribution in [0.25, 0.3) is 0 Å². The van der Waals surface area contributed by atoms with Crippen LogP contribution in [0.15, 0.2) is 60.7 Å². The normalized spacial score (nSPS) is 24.7. The third-order valence-electron chi connectivity index (χ3n) is 5.22. The molecule has 26 heavy (non-hydrogen) atoms. The summed E-state index contributed by atoms with van der Waals surface area (Å²) in [6.45, 7) is 4.02. The van der Waals surface area contributed by atoms with E-state index in [1.807, 2.05) is 50.3 Å². The summed E-state index contributed by atoms with van der Waals surface area (Å²) < 4.78 is 5.82. The van der Waals surface area contributed by atoms with Crippen LogP contribution in [-0.4, -0.2) is 11.8 Å². The molecule has 0 N–H and O–H groups in total. The van der Waals surface area contributed by atoms with Gasteiger partial charge in [-0.15, -0.1) is 0 Å². The Morgan fingerprint density at radius 1 is 0.923 bits per heavy atom. The van der Waals surface area contributed by atoms with Gasteiger partial charge in [-0.2, -0.15) is 0 Å². The third kappa shape index (κ3) is 2.81. The Labute approximate surface area is 153 Å². The molecular formula is C22H21NO3. The topological polar surface area (TPSA) is 46.6 Å². The van der Waals surface area contributed by atoms with Crippen LogP contribution in [-0.2, 0) is 9.59 Å². The predicted molar refractivity (Wildman–Crippen MR) is 100 cm³/mol. The number of carbonyl (C=O) groups is 2. The van der Waals surface area contributed by atoms with Gasteiger partial charge in [-0.3, -0.25) is 14.5 Å². The lowest BCUT2D eigenvalue weighted by Gasteiger charge is -2.22. The molecule has 2 aromatic carbocycles. The van der Waals surface area contributed by atoms with Gasteiger partial charge in [0.25, 0.3) is 0 Å². The fourth-order valence-electron chi connectivity index (χ4n) is 3.81. The summed E-state index contributed by atoms with van der Waals surface area (Å²) in [5.74, 6) is 0.862. The lowest BCUT2D eigenvalue weighted by Crippen LogP contribution is -2.31. The average Bonchev–Trinajstić information content (AvgIpc) is 2.90. The molecule has 1 heterocycles. The highest BCUT2D eigenvalue weighted by atomic mass is 16.5. The Morgan fingerprint density at radius 3 is 2.15 bits per heavy atom. The fraction of sp³-hybridized carbons (Fsp3) is 0.273. The third-order valence-corrected chi connectivity index (χ3v) is 5.22. The number of amides is 2. The summed E-state index contributed by atoms with van der Waals surface area (Å²) in [5.41, 5.74) is 1.78. The van der Waals surface area contributed by atoms with Crippen LogP contribution >= 0.6 is 0 Å². The van der Waals surface area contributed by atoms with Gasteiger partial charge in [-0.1, -0.05) is 36.8 Å². The highest BCUT2D eigenvalue weighted by Crippen LogP contribution is 2.40. The first kappa shape index (κ1) is 16.6. The van der Waals surface area contributed by atoms with Crippen molar-refractivity contribution in [2.75, 3.05) is 4.90 Å². The smallest absolute Gasteiger partial charge is 0.238 e. The van der Waals surface area contributed by atoms with Gasteiger partial charge in [0.15, 0.2) is 0 Å². The van der Waals surface area contributed by atoms with Crippen LogP contribution < -0.4 is 9.64 Å². The fourth-order valence-corrected chi connectivity index (χ4v) is 3.81. The zero-order valence-electron chi connectivity index (χ0n) is 14.9. The monoisotopic (exact) mass is 347 g/mol. The van der Waals surface area contributed by atoms with Crippen LogP contribution in [0.3, 0.4) is 0 Å². The van der Waals surface area contributed by atoms with Crippen molar-refractivity contribution in [1.29, 1.82) is 0 Å². The Hall–Kier alpha value is -2.88. The van der Waals surface area contributed by atoms with E-state index in [-0.39, 0.29) is 29.6 Å². The Bertz CT molecular complexity index is 867. The molecule has 4 rings (SSSR count). The number of nitrogens with zero attached hydrogens (tertiary/aromatic N) is 1. The van der Waals surface area contributed by atoms with Gasteiger partial charge >= 0.3 is 0 Å². The molecule has 4 nitrogen and oxygen atoms in total. The minimum Gasteiger partial charge on any atom is -0.457 e. The molecule has 2 amide bonds. The van der Waals surface area contributed by atoms with E-state index < -0.39 is 0 Å². The molecule has 2 aromatic rings. The van der Waals surface area contributed by atoms with Crippen molar-refractivity contribution in [3.8, 4) is 11.5 Å². The van der Waals surface area contributed by atoms with Crippen molar-refractivity contribution in [2.24, 2.45) is 17.8 Å². The maximum absolute atomic E-state index is 12.8. The number of hydrogen-bond donors (Lipinski definition) is 0. The van der Waals surface area contributed by atoms with E-state index in [0.29, 0.717) is 17.9 Å². The van der Waals surface area contributed by atoms with Crippen LogP contribution in [0.5, 0.6) is 11.5 Å². The summed E-state index contributed by atoms with van der Waals surface area (Å²) in [6.07, 6.45) is 4.69. The summed E-state index contributed by atoms with van der Waals surface area (Å²) in [7, 11) is 0. The molecule has 132 valence electrons. The summed E-state index contributed by atoms with van der Waals surface area (Å²) in [4.78, 5) is 26.9. The van der Waals surface area contributed by atoms with E-state index in [2.05, 4.69) is 0 Å². The Balaban J connectivity index is 1.54. The van der Waals surface area contributed by atoms with Crippen molar-refractivity contribution < 1.29 is 14.3 Å². The second-order valence-electron chi connectivity index (χ2n) is 7.08. The number of imide groups is 1. The number of ether oxygens (including phenoxy) is 1. The second kappa shape index (κ2) is 6.45. The van der Waals surface area contributed by atoms with Crippen molar-refractivity contribution in [2.45, 2.75) is 20.3 Å². The molecule has 1 aliphatic carbocycles. The first-order valence-electron chi connectivity index (χ1n) is 8.93. The lowest BCUT2D eigenvalue weighted by molar-refractivity contribution is -0.122. The van der Waals surface area contributed by atoms with E-state index in [0.717, 1.165) is 5.75 Å². The molecule has 0 saturated carbocycles. The number of benzene rings is 2.